The number of ether oxygens (including phenoxy) is 1. The molecule has 2 unspecified atom stereocenters. The van der Waals surface area contributed by atoms with Crippen molar-refractivity contribution in [3.63, 3.8) is 0 Å². The van der Waals surface area contributed by atoms with E-state index >= 15 is 0 Å². The van der Waals surface area contributed by atoms with Gasteiger partial charge in [0.15, 0.2) is 0 Å². The molecule has 4 heteroatoms. The predicted octanol–water partition coefficient (Wildman–Crippen LogP) is 5.19. The summed E-state index contributed by atoms with van der Waals surface area (Å²) in [7, 11) is 0. The summed E-state index contributed by atoms with van der Waals surface area (Å²) in [5.74, 6) is 1.13. The lowest BCUT2D eigenvalue weighted by Gasteiger charge is -2.37. The Hall–Kier alpha value is -1.81. The second kappa shape index (κ2) is 5.35. The number of phenolic OH excluding ortho intramolecular Hbond substituents is 1. The van der Waals surface area contributed by atoms with E-state index in [1.54, 1.807) is 6.07 Å². The van der Waals surface area contributed by atoms with Gasteiger partial charge in [-0.25, -0.2) is 0 Å². The maximum Gasteiger partial charge on any atom is 0.307 e. The quantitative estimate of drug-likeness (QED) is 0.685. The third-order valence-electron chi connectivity index (χ3n) is 5.47. The van der Waals surface area contributed by atoms with E-state index in [-0.39, 0.29) is 11.4 Å². The molecule has 0 amide bonds. The van der Waals surface area contributed by atoms with Crippen LogP contribution in [0.3, 0.4) is 0 Å². The first-order chi connectivity index (χ1) is 11.4. The van der Waals surface area contributed by atoms with Gasteiger partial charge in [0, 0.05) is 23.7 Å². The van der Waals surface area contributed by atoms with Crippen molar-refractivity contribution in [3.8, 4) is 5.75 Å². The van der Waals surface area contributed by atoms with Crippen LogP contribution in [0.25, 0.3) is 10.8 Å². The molecule has 0 heterocycles. The van der Waals surface area contributed by atoms with Crippen molar-refractivity contribution in [1.82, 2.24) is 0 Å². The highest BCUT2D eigenvalue weighted by Crippen LogP contribution is 2.56. The van der Waals surface area contributed by atoms with Crippen LogP contribution >= 0.6 is 15.9 Å². The van der Waals surface area contributed by atoms with Crippen LogP contribution < -0.4 is 0 Å². The Balaban J connectivity index is 1.86. The fourth-order valence-electron chi connectivity index (χ4n) is 4.36. The molecule has 4 rings (SSSR count). The molecule has 24 heavy (non-hydrogen) atoms. The molecule has 0 spiro atoms. The Morgan fingerprint density at radius 2 is 2.12 bits per heavy atom. The summed E-state index contributed by atoms with van der Waals surface area (Å²) in [5, 5.41) is 12.2. The molecule has 0 aliphatic heterocycles. The zero-order valence-corrected chi connectivity index (χ0v) is 15.3. The number of aryl methyl sites for hydroxylation is 1. The Kier molecular flexibility index (Phi) is 3.50. The number of hydrogen-bond acceptors (Lipinski definition) is 3. The van der Waals surface area contributed by atoms with Crippen LogP contribution in [0.2, 0.25) is 0 Å². The second-order valence-electron chi connectivity index (χ2n) is 7.12. The van der Waals surface area contributed by atoms with Crippen LogP contribution in [0, 0.1) is 5.41 Å². The lowest BCUT2D eigenvalue weighted by molar-refractivity contribution is -0.137. The van der Waals surface area contributed by atoms with E-state index in [9.17, 15) is 9.90 Å². The van der Waals surface area contributed by atoms with Crippen molar-refractivity contribution >= 4 is 32.7 Å². The zero-order chi connectivity index (χ0) is 17.1. The average molecular weight is 387 g/mol. The SMILES string of the molecule is CC(=O)OC1=CC2(C)CCc3c(cc(Br)c4ccc(O)cc34)C2C1. The molecule has 0 aromatic heterocycles. The first-order valence-corrected chi connectivity index (χ1v) is 9.01. The molecule has 0 saturated heterocycles. The number of aromatic hydroxyl groups is 1. The van der Waals surface area contributed by atoms with Gasteiger partial charge in [-0.2, -0.15) is 0 Å². The molecule has 2 aliphatic carbocycles. The first kappa shape index (κ1) is 15.7. The summed E-state index contributed by atoms with van der Waals surface area (Å²) in [4.78, 5) is 11.3. The fraction of sp³-hybridized carbons (Fsp3) is 0.350. The number of esters is 1. The van der Waals surface area contributed by atoms with Crippen LogP contribution in [-0.4, -0.2) is 11.1 Å². The number of rotatable bonds is 1. The van der Waals surface area contributed by atoms with E-state index in [0.717, 1.165) is 40.3 Å². The largest absolute Gasteiger partial charge is 0.508 e. The minimum absolute atomic E-state index is 0.0156. The van der Waals surface area contributed by atoms with Crippen LogP contribution in [0.4, 0.5) is 0 Å². The molecule has 2 atom stereocenters. The van der Waals surface area contributed by atoms with Crippen molar-refractivity contribution in [2.75, 3.05) is 0 Å². The third kappa shape index (κ3) is 2.35. The van der Waals surface area contributed by atoms with Gasteiger partial charge in [0.2, 0.25) is 0 Å². The number of hydrogen-bond donors (Lipinski definition) is 1. The molecule has 0 saturated carbocycles. The monoisotopic (exact) mass is 386 g/mol. The Bertz CT molecular complexity index is 899. The number of carbonyl (C=O) groups excluding carboxylic acids is 1. The van der Waals surface area contributed by atoms with Gasteiger partial charge < -0.3 is 9.84 Å². The molecule has 0 fully saturated rings. The standard InChI is InChI=1S/C20H19BrO3/c1-11(22)24-13-8-18-17-9-19(21)15-4-3-12(23)7-16(15)14(17)5-6-20(18,2)10-13/h3-4,7,9-10,18,23H,5-6,8H2,1-2H3. The van der Waals surface area contributed by atoms with Gasteiger partial charge in [-0.1, -0.05) is 22.9 Å². The third-order valence-corrected chi connectivity index (χ3v) is 6.13. The molecule has 124 valence electrons. The molecule has 3 nitrogen and oxygen atoms in total. The number of allylic oxidation sites excluding steroid dienone is 2. The van der Waals surface area contributed by atoms with Crippen molar-refractivity contribution in [2.24, 2.45) is 5.41 Å². The van der Waals surface area contributed by atoms with Gasteiger partial charge >= 0.3 is 5.97 Å². The highest BCUT2D eigenvalue weighted by Gasteiger charge is 2.44. The predicted molar refractivity (Wildman–Crippen MR) is 96.9 cm³/mol. The molecular formula is C20H19BrO3. The normalized spacial score (nSPS) is 25.1. The van der Waals surface area contributed by atoms with Gasteiger partial charge in [0.25, 0.3) is 0 Å². The molecule has 2 aromatic rings. The molecule has 2 aliphatic rings. The molecular weight excluding hydrogens is 368 g/mol. The molecule has 0 radical (unpaired) electrons. The highest BCUT2D eigenvalue weighted by molar-refractivity contribution is 9.10. The lowest BCUT2D eigenvalue weighted by atomic mass is 9.66. The van der Waals surface area contributed by atoms with E-state index < -0.39 is 0 Å². The van der Waals surface area contributed by atoms with Crippen molar-refractivity contribution in [1.29, 1.82) is 0 Å². The van der Waals surface area contributed by atoms with Crippen LogP contribution in [0.15, 0.2) is 40.6 Å². The van der Waals surface area contributed by atoms with Gasteiger partial charge in [0.1, 0.15) is 11.5 Å². The minimum atomic E-state index is -0.256. The fourth-order valence-corrected chi connectivity index (χ4v) is 4.95. The number of fused-ring (bicyclic) bond motifs is 5. The van der Waals surface area contributed by atoms with E-state index in [1.165, 1.54) is 18.1 Å². The van der Waals surface area contributed by atoms with Crippen molar-refractivity contribution < 1.29 is 14.6 Å². The maximum atomic E-state index is 11.3. The van der Waals surface area contributed by atoms with Gasteiger partial charge in [-0.05, 0) is 70.5 Å². The highest BCUT2D eigenvalue weighted by atomic mass is 79.9. The molecule has 0 bridgehead atoms. The van der Waals surface area contributed by atoms with Crippen molar-refractivity contribution in [3.05, 3.63) is 51.7 Å². The summed E-state index contributed by atoms with van der Waals surface area (Å²) in [5.41, 5.74) is 2.62. The minimum Gasteiger partial charge on any atom is -0.508 e. The number of phenols is 1. The summed E-state index contributed by atoms with van der Waals surface area (Å²) < 4.78 is 6.43. The summed E-state index contributed by atoms with van der Waals surface area (Å²) >= 11 is 3.69. The van der Waals surface area contributed by atoms with Gasteiger partial charge in [-0.3, -0.25) is 4.79 Å². The number of carbonyl (C=O) groups is 1. The Labute approximate surface area is 149 Å². The average Bonchev–Trinajstić information content (AvgIpc) is 2.83. The van der Waals surface area contributed by atoms with E-state index in [0.29, 0.717) is 11.7 Å². The van der Waals surface area contributed by atoms with E-state index in [2.05, 4.69) is 35.0 Å². The topological polar surface area (TPSA) is 46.5 Å². The summed E-state index contributed by atoms with van der Waals surface area (Å²) in [6.45, 7) is 3.70. The second-order valence-corrected chi connectivity index (χ2v) is 7.98. The lowest BCUT2D eigenvalue weighted by Crippen LogP contribution is -2.26. The molecule has 2 aromatic carbocycles. The smallest absolute Gasteiger partial charge is 0.307 e. The van der Waals surface area contributed by atoms with Crippen LogP contribution in [-0.2, 0) is 16.0 Å². The Morgan fingerprint density at radius 3 is 2.88 bits per heavy atom. The number of benzene rings is 2. The van der Waals surface area contributed by atoms with Crippen LogP contribution in [0.5, 0.6) is 5.75 Å². The Morgan fingerprint density at radius 1 is 1.33 bits per heavy atom. The number of halogens is 1. The maximum absolute atomic E-state index is 11.3. The van der Waals surface area contributed by atoms with E-state index in [4.69, 9.17) is 4.74 Å². The molecule has 1 N–H and O–H groups in total. The van der Waals surface area contributed by atoms with Gasteiger partial charge in [0.05, 0.1) is 0 Å². The zero-order valence-electron chi connectivity index (χ0n) is 13.7. The van der Waals surface area contributed by atoms with Crippen molar-refractivity contribution in [2.45, 2.75) is 39.0 Å². The van der Waals surface area contributed by atoms with Crippen LogP contribution in [0.1, 0.15) is 43.7 Å². The summed E-state index contributed by atoms with van der Waals surface area (Å²) in [6.07, 6.45) is 4.86. The van der Waals surface area contributed by atoms with Gasteiger partial charge in [-0.15, -0.1) is 0 Å². The first-order valence-electron chi connectivity index (χ1n) is 8.21. The summed E-state index contributed by atoms with van der Waals surface area (Å²) in [6, 6.07) is 7.75. The van der Waals surface area contributed by atoms with E-state index in [1.807, 2.05) is 12.1 Å².